The van der Waals surface area contributed by atoms with E-state index in [2.05, 4.69) is 190 Å². The molecule has 4 heteroatoms. The van der Waals surface area contributed by atoms with E-state index in [1.807, 2.05) is 57.3 Å². The third kappa shape index (κ3) is 8.36. The van der Waals surface area contributed by atoms with Crippen LogP contribution < -0.4 is 0 Å². The second-order valence-electron chi connectivity index (χ2n) is 19.0. The van der Waals surface area contributed by atoms with Gasteiger partial charge in [-0.3, -0.25) is 9.55 Å². The molecule has 0 atom stereocenters. The molecule has 4 nitrogen and oxygen atoms in total. The number of aromatic hydroxyl groups is 1. The molecule has 0 bridgehead atoms. The predicted molar refractivity (Wildman–Crippen MR) is 281 cm³/mol. The molecule has 0 unspecified atom stereocenters. The van der Waals surface area contributed by atoms with Crippen LogP contribution in [0.4, 0.5) is 0 Å². The van der Waals surface area contributed by atoms with Crippen LogP contribution in [0.5, 0.6) is 5.75 Å². The smallest absolute Gasteiger partial charge is 0.149 e. The number of imidazole rings is 1. The molecule has 0 aliphatic rings. The van der Waals surface area contributed by atoms with Crippen LogP contribution in [0.2, 0.25) is 0 Å². The van der Waals surface area contributed by atoms with Gasteiger partial charge in [-0.1, -0.05) is 168 Å². The monoisotopic (exact) mass is 870 g/mol. The quantitative estimate of drug-likeness (QED) is 0.157. The second-order valence-corrected chi connectivity index (χ2v) is 19.0. The molecule has 0 radical (unpaired) electrons. The van der Waals surface area contributed by atoms with Crippen LogP contribution in [0.25, 0.3) is 95.0 Å². The summed E-state index contributed by atoms with van der Waals surface area (Å²) in [5.41, 5.74) is 19.8. The third-order valence-corrected chi connectivity index (χ3v) is 12.9. The van der Waals surface area contributed by atoms with Crippen molar-refractivity contribution in [1.29, 1.82) is 0 Å². The average Bonchev–Trinajstić information content (AvgIpc) is 3.74. The van der Waals surface area contributed by atoms with Crippen LogP contribution in [0.15, 0.2) is 194 Å². The highest BCUT2D eigenvalue weighted by atomic mass is 16.3. The van der Waals surface area contributed by atoms with Crippen LogP contribution in [-0.4, -0.2) is 19.6 Å². The standard InChI is InChI=1S/C63H55N3O/c1-40(2)43-26-28-45(29-27-43)48-30-31-64-57(37-48)51-35-49(44-18-11-8-12-19-44)34-50(36-51)52-24-17-25-58-60(52)65-62(55-33-41(3)32-42(4)61(55)67)66(58)59-39-53(46-20-13-9-14-21-46)56(63(5,6)7)38-54(59)47-22-15-10-16-23-47/h8-40,67H,1-7H3/i40D. The molecule has 0 saturated heterocycles. The fourth-order valence-electron chi connectivity index (χ4n) is 9.48. The molecule has 0 spiro atoms. The van der Waals surface area contributed by atoms with Gasteiger partial charge < -0.3 is 5.11 Å². The van der Waals surface area contributed by atoms with E-state index in [1.165, 1.54) is 5.56 Å². The van der Waals surface area contributed by atoms with Gasteiger partial charge in [0.25, 0.3) is 0 Å². The Bertz CT molecular complexity index is 3470. The number of rotatable bonds is 9. The van der Waals surface area contributed by atoms with Crippen molar-refractivity contribution in [3.05, 3.63) is 217 Å². The summed E-state index contributed by atoms with van der Waals surface area (Å²) in [6.45, 7) is 14.7. The number of hydrogen-bond donors (Lipinski definition) is 1. The maximum absolute atomic E-state index is 12.0. The maximum atomic E-state index is 12.0. The van der Waals surface area contributed by atoms with Gasteiger partial charge in [0.15, 0.2) is 0 Å². The number of benzene rings is 8. The molecule has 0 saturated carbocycles. The van der Waals surface area contributed by atoms with Gasteiger partial charge >= 0.3 is 0 Å². The summed E-state index contributed by atoms with van der Waals surface area (Å²) in [6.07, 6.45) is 1.88. The van der Waals surface area contributed by atoms with Crippen molar-refractivity contribution in [3.8, 4) is 89.7 Å². The van der Waals surface area contributed by atoms with Crippen molar-refractivity contribution in [2.24, 2.45) is 0 Å². The van der Waals surface area contributed by atoms with Crippen LogP contribution in [0.3, 0.4) is 0 Å². The van der Waals surface area contributed by atoms with Crippen molar-refractivity contribution >= 4 is 11.0 Å². The molecular weight excluding hydrogens is 815 g/mol. The lowest BCUT2D eigenvalue weighted by Gasteiger charge is -2.27. The van der Waals surface area contributed by atoms with Crippen LogP contribution >= 0.6 is 0 Å². The van der Waals surface area contributed by atoms with E-state index in [-0.39, 0.29) is 11.2 Å². The molecule has 8 aromatic carbocycles. The third-order valence-electron chi connectivity index (χ3n) is 12.9. The minimum Gasteiger partial charge on any atom is -0.507 e. The summed E-state index contributed by atoms with van der Waals surface area (Å²) < 4.78 is 10.8. The number of nitrogens with zero attached hydrogens (tertiary/aromatic N) is 3. The number of pyridine rings is 1. The molecule has 0 fully saturated rings. The minimum absolute atomic E-state index is 0.175. The number of hydrogen-bond acceptors (Lipinski definition) is 3. The van der Waals surface area contributed by atoms with Gasteiger partial charge in [-0.25, -0.2) is 4.98 Å². The highest BCUT2D eigenvalue weighted by Crippen LogP contribution is 2.45. The highest BCUT2D eigenvalue weighted by molar-refractivity contribution is 5.99. The lowest BCUT2D eigenvalue weighted by atomic mass is 9.79. The van der Waals surface area contributed by atoms with Gasteiger partial charge in [-0.2, -0.15) is 0 Å². The molecule has 328 valence electrons. The molecule has 67 heavy (non-hydrogen) atoms. The molecule has 10 rings (SSSR count). The number of phenols is 1. The molecule has 2 heterocycles. The van der Waals surface area contributed by atoms with E-state index in [4.69, 9.17) is 11.3 Å². The van der Waals surface area contributed by atoms with Crippen LogP contribution in [0, 0.1) is 13.8 Å². The highest BCUT2D eigenvalue weighted by Gasteiger charge is 2.27. The Morgan fingerprint density at radius 3 is 1.79 bits per heavy atom. The minimum atomic E-state index is -0.679. The van der Waals surface area contributed by atoms with Crippen molar-refractivity contribution < 1.29 is 6.48 Å². The first-order valence-electron chi connectivity index (χ1n) is 23.6. The predicted octanol–water partition coefficient (Wildman–Crippen LogP) is 16.8. The molecule has 10 aromatic rings. The molecule has 0 aliphatic heterocycles. The Labute approximate surface area is 396 Å². The zero-order chi connectivity index (χ0) is 47.3. The van der Waals surface area contributed by atoms with E-state index in [0.717, 1.165) is 100 Å². The summed E-state index contributed by atoms with van der Waals surface area (Å²) in [5, 5.41) is 12.0. The fourth-order valence-corrected chi connectivity index (χ4v) is 9.48. The molecule has 2 aromatic heterocycles. The Morgan fingerprint density at radius 1 is 0.522 bits per heavy atom. The first-order valence-corrected chi connectivity index (χ1v) is 23.1. The van der Waals surface area contributed by atoms with Crippen LogP contribution in [0.1, 0.15) is 64.1 Å². The van der Waals surface area contributed by atoms with Crippen molar-refractivity contribution in [2.45, 2.75) is 59.8 Å². The van der Waals surface area contributed by atoms with Crippen molar-refractivity contribution in [2.75, 3.05) is 0 Å². The zero-order valence-corrected chi connectivity index (χ0v) is 39.3. The Balaban J connectivity index is 1.25. The zero-order valence-electron chi connectivity index (χ0n) is 40.3. The molecule has 0 amide bonds. The Kier molecular flexibility index (Phi) is 10.9. The Morgan fingerprint density at radius 2 is 1.13 bits per heavy atom. The van der Waals surface area contributed by atoms with Gasteiger partial charge in [0.2, 0.25) is 0 Å². The summed E-state index contributed by atoms with van der Waals surface area (Å²) in [7, 11) is 0. The summed E-state index contributed by atoms with van der Waals surface area (Å²) >= 11 is 0. The van der Waals surface area contributed by atoms with Gasteiger partial charge in [-0.15, -0.1) is 0 Å². The van der Waals surface area contributed by atoms with Gasteiger partial charge in [0.1, 0.15) is 11.6 Å². The summed E-state index contributed by atoms with van der Waals surface area (Å²) in [4.78, 5) is 10.6. The van der Waals surface area contributed by atoms with Crippen molar-refractivity contribution in [3.63, 3.8) is 0 Å². The number of phenolic OH excluding ortho intramolecular Hbond substituents is 1. The number of aromatic nitrogens is 3. The topological polar surface area (TPSA) is 50.9 Å². The largest absolute Gasteiger partial charge is 0.507 e. The van der Waals surface area contributed by atoms with E-state index < -0.39 is 5.89 Å². The van der Waals surface area contributed by atoms with E-state index in [1.54, 1.807) is 0 Å². The van der Waals surface area contributed by atoms with E-state index in [9.17, 15) is 5.11 Å². The van der Waals surface area contributed by atoms with Crippen LogP contribution in [-0.2, 0) is 5.41 Å². The molecule has 1 N–H and O–H groups in total. The first-order chi connectivity index (χ1) is 32.7. The summed E-state index contributed by atoms with van der Waals surface area (Å²) in [6, 6.07) is 66.2. The number of para-hydroxylation sites is 1. The number of fused-ring (bicyclic) bond motifs is 1. The number of aryl methyl sites for hydroxylation is 2. The first kappa shape index (κ1) is 41.9. The lowest BCUT2D eigenvalue weighted by Crippen LogP contribution is -2.14. The maximum Gasteiger partial charge on any atom is 0.149 e. The SMILES string of the molecule is [2H]C(C)(C)c1ccc(-c2ccnc(-c3cc(-c4ccccc4)cc(-c4cccc5c4nc(-c4cc(C)cc(C)c4O)n5-c4cc(-c5ccccc5)c(C(C)(C)C)cc4-c4ccccc4)c3)c2)cc1. The Hall–Kier alpha value is -7.82. The van der Waals surface area contributed by atoms with Crippen molar-refractivity contribution in [1.82, 2.24) is 14.5 Å². The van der Waals surface area contributed by atoms with Gasteiger partial charge in [-0.05, 0) is 147 Å². The lowest BCUT2D eigenvalue weighted by molar-refractivity contribution is 0.472. The molecular formula is C63H55N3O. The van der Waals surface area contributed by atoms with E-state index >= 15 is 0 Å². The van der Waals surface area contributed by atoms with Gasteiger partial charge in [0, 0.05) is 24.3 Å². The summed E-state index contributed by atoms with van der Waals surface area (Å²) in [5.74, 6) is 0.188. The van der Waals surface area contributed by atoms with Gasteiger partial charge in [0.05, 0.1) is 28.0 Å². The molecule has 0 aliphatic carbocycles. The average molecular weight is 871 g/mol. The van der Waals surface area contributed by atoms with E-state index in [0.29, 0.717) is 11.4 Å². The fraction of sp³-hybridized carbons (Fsp3) is 0.143. The normalized spacial score (nSPS) is 12.1. The second kappa shape index (κ2) is 17.5.